The van der Waals surface area contributed by atoms with Crippen LogP contribution in [-0.2, 0) is 0 Å². The van der Waals surface area contributed by atoms with Crippen LogP contribution in [0.2, 0.25) is 0 Å². The molecule has 1 aromatic carbocycles. The Hall–Kier alpha value is -2.41. The molecule has 0 saturated carbocycles. The third-order valence-corrected chi connectivity index (χ3v) is 4.44. The Morgan fingerprint density at radius 3 is 3.00 bits per heavy atom. The summed E-state index contributed by atoms with van der Waals surface area (Å²) in [7, 11) is 0. The summed E-state index contributed by atoms with van der Waals surface area (Å²) >= 11 is 1.76. The van der Waals surface area contributed by atoms with Crippen LogP contribution in [-0.4, -0.2) is 4.98 Å². The molecule has 3 aromatic rings. The van der Waals surface area contributed by atoms with E-state index < -0.39 is 0 Å². The van der Waals surface area contributed by atoms with Gasteiger partial charge in [0.2, 0.25) is 0 Å². The predicted molar refractivity (Wildman–Crippen MR) is 86.6 cm³/mol. The third-order valence-electron chi connectivity index (χ3n) is 3.32. The van der Waals surface area contributed by atoms with Gasteiger partial charge in [0.15, 0.2) is 0 Å². The van der Waals surface area contributed by atoms with E-state index in [0.717, 1.165) is 11.2 Å². The molecule has 4 rings (SSSR count). The second kappa shape index (κ2) is 4.61. The maximum absolute atomic E-state index is 4.76. The second-order valence-corrected chi connectivity index (χ2v) is 5.74. The molecule has 2 heterocycles. The molecule has 0 radical (unpaired) electrons. The van der Waals surface area contributed by atoms with E-state index in [0.29, 0.717) is 0 Å². The van der Waals surface area contributed by atoms with Gasteiger partial charge >= 0.3 is 0 Å². The highest BCUT2D eigenvalue weighted by molar-refractivity contribution is 7.16. The fraction of sp³-hybridized carbons (Fsp3) is 0. The Kier molecular flexibility index (Phi) is 2.63. The van der Waals surface area contributed by atoms with E-state index >= 15 is 0 Å². The van der Waals surface area contributed by atoms with Crippen molar-refractivity contribution < 1.29 is 0 Å². The molecule has 94 valence electrons. The van der Waals surface area contributed by atoms with Gasteiger partial charge in [-0.05, 0) is 35.9 Å². The van der Waals surface area contributed by atoms with E-state index in [1.54, 1.807) is 11.3 Å². The summed E-state index contributed by atoms with van der Waals surface area (Å²) in [5, 5.41) is 1.18. The first kappa shape index (κ1) is 11.4. The summed E-state index contributed by atoms with van der Waals surface area (Å²) in [6.45, 7) is 0. The molecule has 0 fully saturated rings. The number of hydrogen-bond acceptors (Lipinski definition) is 2. The zero-order valence-corrected chi connectivity index (χ0v) is 11.5. The molecule has 0 N–H and O–H groups in total. The number of para-hydroxylation sites is 1. The average Bonchev–Trinajstić information content (AvgIpc) is 2.78. The molecule has 0 bridgehead atoms. The number of thiophene rings is 1. The number of allylic oxidation sites excluding steroid dienone is 2. The zero-order valence-electron chi connectivity index (χ0n) is 10.7. The van der Waals surface area contributed by atoms with Crippen molar-refractivity contribution >= 4 is 34.4 Å². The minimum absolute atomic E-state index is 1.03. The van der Waals surface area contributed by atoms with Crippen molar-refractivity contribution in [3.63, 3.8) is 0 Å². The molecule has 20 heavy (non-hydrogen) atoms. The molecule has 1 aliphatic rings. The standard InChI is InChI=1S/C18H11NS/c1-2-7-14-12-18(20-17(14)9-3-1)16-11-10-13-6-4-5-8-15(13)19-16/h1-2,4-12H. The van der Waals surface area contributed by atoms with Gasteiger partial charge in [-0.2, -0.15) is 0 Å². The van der Waals surface area contributed by atoms with E-state index in [2.05, 4.69) is 42.1 Å². The molecule has 0 saturated heterocycles. The smallest absolute Gasteiger partial charge is 0.0809 e. The van der Waals surface area contributed by atoms with Crippen LogP contribution in [0, 0.1) is 0 Å². The molecule has 0 aliphatic heterocycles. The lowest BCUT2D eigenvalue weighted by Gasteiger charge is -2.00. The van der Waals surface area contributed by atoms with Gasteiger partial charge in [0, 0.05) is 10.3 Å². The quantitative estimate of drug-likeness (QED) is 0.558. The minimum Gasteiger partial charge on any atom is -0.247 e. The van der Waals surface area contributed by atoms with Crippen molar-refractivity contribution in [3.8, 4) is 10.6 Å². The van der Waals surface area contributed by atoms with Crippen molar-refractivity contribution in [1.29, 1.82) is 0 Å². The van der Waals surface area contributed by atoms with E-state index in [9.17, 15) is 0 Å². The Morgan fingerprint density at radius 2 is 2.00 bits per heavy atom. The van der Waals surface area contributed by atoms with Crippen LogP contribution in [0.15, 0.2) is 60.3 Å². The largest absolute Gasteiger partial charge is 0.247 e. The molecule has 1 aliphatic carbocycles. The molecule has 0 unspecified atom stereocenters. The van der Waals surface area contributed by atoms with Gasteiger partial charge in [-0.25, -0.2) is 4.98 Å². The Bertz CT molecular complexity index is 893. The number of benzene rings is 1. The molecule has 0 atom stereocenters. The van der Waals surface area contributed by atoms with Gasteiger partial charge in [-0.3, -0.25) is 0 Å². The van der Waals surface area contributed by atoms with Crippen molar-refractivity contribution in [2.75, 3.05) is 0 Å². The number of nitrogens with zero attached hydrogens (tertiary/aromatic N) is 1. The van der Waals surface area contributed by atoms with E-state index in [1.165, 1.54) is 20.7 Å². The molecule has 0 amide bonds. The van der Waals surface area contributed by atoms with Crippen LogP contribution in [0.4, 0.5) is 0 Å². The van der Waals surface area contributed by atoms with Crippen LogP contribution >= 0.6 is 11.3 Å². The van der Waals surface area contributed by atoms with E-state index in [-0.39, 0.29) is 0 Å². The monoisotopic (exact) mass is 273 g/mol. The van der Waals surface area contributed by atoms with E-state index in [4.69, 9.17) is 4.98 Å². The lowest BCUT2D eigenvalue weighted by Crippen LogP contribution is -1.82. The van der Waals surface area contributed by atoms with Gasteiger partial charge in [0.1, 0.15) is 0 Å². The van der Waals surface area contributed by atoms with Gasteiger partial charge < -0.3 is 0 Å². The second-order valence-electron chi connectivity index (χ2n) is 4.66. The summed E-state index contributed by atoms with van der Waals surface area (Å²) < 4.78 is 0. The minimum atomic E-state index is 1.03. The topological polar surface area (TPSA) is 12.9 Å². The Balaban J connectivity index is 1.87. The number of pyridine rings is 1. The Labute approximate surface area is 121 Å². The first-order valence-corrected chi connectivity index (χ1v) is 7.31. The molecular weight excluding hydrogens is 262 g/mol. The molecule has 2 heteroatoms. The molecular formula is C18H11NS. The highest BCUT2D eigenvalue weighted by Gasteiger charge is 2.09. The summed E-state index contributed by atoms with van der Waals surface area (Å²) in [5.41, 5.74) is 6.46. The van der Waals surface area contributed by atoms with Gasteiger partial charge in [-0.1, -0.05) is 36.4 Å². The van der Waals surface area contributed by atoms with Gasteiger partial charge in [0.25, 0.3) is 0 Å². The maximum atomic E-state index is 4.76. The van der Waals surface area contributed by atoms with Gasteiger partial charge in [-0.15, -0.1) is 17.1 Å². The fourth-order valence-corrected chi connectivity index (χ4v) is 3.34. The first-order valence-electron chi connectivity index (χ1n) is 6.49. The van der Waals surface area contributed by atoms with Crippen molar-refractivity contribution in [2.24, 2.45) is 0 Å². The average molecular weight is 273 g/mol. The van der Waals surface area contributed by atoms with Crippen molar-refractivity contribution in [1.82, 2.24) is 4.98 Å². The number of hydrogen-bond donors (Lipinski definition) is 0. The number of fused-ring (bicyclic) bond motifs is 2. The Morgan fingerprint density at radius 1 is 1.05 bits per heavy atom. The number of rotatable bonds is 1. The van der Waals surface area contributed by atoms with Crippen LogP contribution in [0.1, 0.15) is 10.4 Å². The fourth-order valence-electron chi connectivity index (χ4n) is 2.32. The van der Waals surface area contributed by atoms with Gasteiger partial charge in [0.05, 0.1) is 16.1 Å². The first-order chi connectivity index (χ1) is 9.90. The zero-order chi connectivity index (χ0) is 13.4. The highest BCUT2D eigenvalue weighted by Crippen LogP contribution is 2.33. The molecule has 0 spiro atoms. The highest BCUT2D eigenvalue weighted by atomic mass is 32.1. The summed E-state index contributed by atoms with van der Waals surface area (Å²) in [5.74, 6) is 0. The van der Waals surface area contributed by atoms with Crippen LogP contribution in [0.3, 0.4) is 0 Å². The molecule has 2 aromatic heterocycles. The summed E-state index contributed by atoms with van der Waals surface area (Å²) in [4.78, 5) is 7.19. The van der Waals surface area contributed by atoms with Crippen LogP contribution in [0.25, 0.3) is 33.6 Å². The lowest BCUT2D eigenvalue weighted by atomic mass is 10.1. The van der Waals surface area contributed by atoms with Crippen LogP contribution in [0.5, 0.6) is 0 Å². The van der Waals surface area contributed by atoms with Crippen molar-refractivity contribution in [3.05, 3.63) is 70.8 Å². The lowest BCUT2D eigenvalue weighted by molar-refractivity contribution is 1.42. The van der Waals surface area contributed by atoms with Crippen molar-refractivity contribution in [2.45, 2.75) is 0 Å². The molecule has 1 nitrogen and oxygen atoms in total. The maximum Gasteiger partial charge on any atom is 0.0809 e. The SMILES string of the molecule is C1=CC=Cc2cc(-c3ccc4ccccc4n3)sc2C=1. The van der Waals surface area contributed by atoms with Crippen LogP contribution < -0.4 is 0 Å². The summed E-state index contributed by atoms with van der Waals surface area (Å²) in [6.07, 6.45) is 8.10. The third kappa shape index (κ3) is 1.92. The normalized spacial score (nSPS) is 12.6. The number of aromatic nitrogens is 1. The summed E-state index contributed by atoms with van der Waals surface area (Å²) in [6, 6.07) is 14.6. The predicted octanol–water partition coefficient (Wildman–Crippen LogP) is 5.16. The van der Waals surface area contributed by atoms with E-state index in [1.807, 2.05) is 30.4 Å².